The highest BCUT2D eigenvalue weighted by Gasteiger charge is 2.63. The summed E-state index contributed by atoms with van der Waals surface area (Å²) in [6.45, 7) is 4.98. The van der Waals surface area contributed by atoms with Crippen LogP contribution in [-0.4, -0.2) is 17.3 Å². The Morgan fingerprint density at radius 1 is 1.21 bits per heavy atom. The number of rotatable bonds is 6. The Balaban J connectivity index is 1.97. The van der Waals surface area contributed by atoms with Crippen molar-refractivity contribution in [2.75, 3.05) is 6.61 Å². The van der Waals surface area contributed by atoms with Crippen LogP contribution in [0.1, 0.15) is 76.9 Å². The van der Waals surface area contributed by atoms with Crippen LogP contribution in [0.25, 0.3) is 0 Å². The molecule has 2 nitrogen and oxygen atoms in total. The van der Waals surface area contributed by atoms with Crippen LogP contribution < -0.4 is 0 Å². The van der Waals surface area contributed by atoms with Crippen molar-refractivity contribution in [1.82, 2.24) is 0 Å². The van der Waals surface area contributed by atoms with E-state index in [1.54, 1.807) is 0 Å². The highest BCUT2D eigenvalue weighted by molar-refractivity contribution is 9.10. The Morgan fingerprint density at radius 2 is 2.00 bits per heavy atom. The fourth-order valence-corrected chi connectivity index (χ4v) is 5.94. The average molecular weight is 395 g/mol. The molecule has 4 atom stereocenters. The van der Waals surface area contributed by atoms with Gasteiger partial charge in [-0.05, 0) is 56.6 Å². The third kappa shape index (κ3) is 2.97. The molecular weight excluding hydrogens is 364 g/mol. The maximum atomic E-state index is 11.4. The van der Waals surface area contributed by atoms with E-state index in [1.807, 2.05) is 0 Å². The van der Waals surface area contributed by atoms with Crippen molar-refractivity contribution < 1.29 is 9.84 Å². The highest BCUT2D eigenvalue weighted by atomic mass is 79.9. The van der Waals surface area contributed by atoms with E-state index in [9.17, 15) is 5.11 Å². The lowest BCUT2D eigenvalue weighted by Gasteiger charge is -2.63. The van der Waals surface area contributed by atoms with Crippen LogP contribution in [0.4, 0.5) is 0 Å². The fraction of sp³-hybridized carbons (Fsp3) is 0.714. The maximum absolute atomic E-state index is 11.4. The first-order valence-electron chi connectivity index (χ1n) is 9.66. The lowest BCUT2D eigenvalue weighted by Crippen LogP contribution is -2.63. The van der Waals surface area contributed by atoms with Gasteiger partial charge in [-0.1, -0.05) is 60.3 Å². The second kappa shape index (κ2) is 7.47. The zero-order valence-corrected chi connectivity index (χ0v) is 16.6. The van der Waals surface area contributed by atoms with E-state index in [2.05, 4.69) is 54.0 Å². The van der Waals surface area contributed by atoms with Gasteiger partial charge in [-0.2, -0.15) is 0 Å². The van der Waals surface area contributed by atoms with Crippen molar-refractivity contribution in [1.29, 1.82) is 0 Å². The van der Waals surface area contributed by atoms with Gasteiger partial charge in [-0.25, -0.2) is 0 Å². The third-order valence-corrected chi connectivity index (χ3v) is 7.32. The van der Waals surface area contributed by atoms with E-state index in [-0.39, 0.29) is 11.5 Å². The summed E-state index contributed by atoms with van der Waals surface area (Å²) in [4.78, 5) is 0. The number of ether oxygens (including phenoxy) is 1. The van der Waals surface area contributed by atoms with E-state index in [1.165, 1.54) is 18.4 Å². The van der Waals surface area contributed by atoms with Crippen LogP contribution in [0.2, 0.25) is 0 Å². The molecule has 0 saturated heterocycles. The molecule has 1 aromatic rings. The molecular formula is C21H31BrO2. The topological polar surface area (TPSA) is 29.5 Å². The molecule has 24 heavy (non-hydrogen) atoms. The highest BCUT2D eigenvalue weighted by Crippen LogP contribution is 2.65. The second-order valence-corrected chi connectivity index (χ2v) is 8.54. The van der Waals surface area contributed by atoms with E-state index >= 15 is 0 Å². The van der Waals surface area contributed by atoms with Crippen molar-refractivity contribution >= 4 is 15.9 Å². The Hall–Kier alpha value is -0.380. The van der Waals surface area contributed by atoms with Crippen LogP contribution in [0, 0.1) is 11.3 Å². The molecule has 3 rings (SSSR count). The van der Waals surface area contributed by atoms with Gasteiger partial charge in [0, 0.05) is 16.5 Å². The summed E-state index contributed by atoms with van der Waals surface area (Å²) in [6, 6.07) is 8.45. The molecule has 0 aromatic heterocycles. The Bertz CT molecular complexity index is 561. The van der Waals surface area contributed by atoms with Crippen LogP contribution in [0.3, 0.4) is 0 Å². The van der Waals surface area contributed by atoms with Gasteiger partial charge in [0.25, 0.3) is 0 Å². The van der Waals surface area contributed by atoms with Gasteiger partial charge in [-0.15, -0.1) is 0 Å². The molecule has 2 aliphatic carbocycles. The van der Waals surface area contributed by atoms with Gasteiger partial charge in [-0.3, -0.25) is 0 Å². The molecule has 2 aliphatic rings. The third-order valence-electron chi connectivity index (χ3n) is 6.60. The quantitative estimate of drug-likeness (QED) is 0.637. The van der Waals surface area contributed by atoms with Crippen molar-refractivity contribution in [3.63, 3.8) is 0 Å². The number of aliphatic hydroxyl groups is 1. The number of halogens is 1. The van der Waals surface area contributed by atoms with Crippen LogP contribution >= 0.6 is 15.9 Å². The first kappa shape index (κ1) is 18.4. The van der Waals surface area contributed by atoms with E-state index in [4.69, 9.17) is 4.74 Å². The molecule has 0 amide bonds. The minimum atomic E-state index is -0.483. The van der Waals surface area contributed by atoms with Gasteiger partial charge < -0.3 is 9.84 Å². The smallest absolute Gasteiger partial charge is 0.0870 e. The molecule has 0 heterocycles. The minimum absolute atomic E-state index is 0.0520. The molecule has 0 radical (unpaired) electrons. The molecule has 0 unspecified atom stereocenters. The largest absolute Gasteiger partial charge is 0.389 e. The van der Waals surface area contributed by atoms with Gasteiger partial charge in [0.05, 0.1) is 11.7 Å². The summed E-state index contributed by atoms with van der Waals surface area (Å²) in [5.41, 5.74) is 0.816. The van der Waals surface area contributed by atoms with Gasteiger partial charge in [0.15, 0.2) is 0 Å². The van der Waals surface area contributed by atoms with Crippen LogP contribution in [0.5, 0.6) is 0 Å². The predicted octanol–water partition coefficient (Wildman–Crippen LogP) is 6.03. The molecule has 2 fully saturated rings. The summed E-state index contributed by atoms with van der Waals surface area (Å²) < 4.78 is 7.44. The number of benzene rings is 1. The molecule has 1 spiro atoms. The molecule has 1 N–H and O–H groups in total. The average Bonchev–Trinajstić information content (AvgIpc) is 2.60. The molecule has 0 aliphatic heterocycles. The standard InChI is InChI=1S/C21H31BrO2/c1-3-12-21(23)15-14-20(21)13-8-7-10-17(20)19(24-4-2)16-9-5-6-11-18(16)22/h5-6,9,11,17,19,23H,3-4,7-8,10,12-15H2,1-2H3/t17-,19-,20+,21-/m1/s1. The summed E-state index contributed by atoms with van der Waals surface area (Å²) in [5, 5.41) is 11.4. The van der Waals surface area contributed by atoms with Crippen molar-refractivity contribution in [2.24, 2.45) is 11.3 Å². The fourth-order valence-electron chi connectivity index (χ4n) is 5.43. The molecule has 1 aromatic carbocycles. The normalized spacial score (nSPS) is 34.1. The zero-order valence-electron chi connectivity index (χ0n) is 15.1. The SMILES string of the molecule is CCC[C@@]1(O)CC[C@]12CCCC[C@@H]2[C@H](OCC)c1ccccc1Br. The van der Waals surface area contributed by atoms with Crippen molar-refractivity contribution in [3.05, 3.63) is 34.3 Å². The summed E-state index contributed by atoms with van der Waals surface area (Å²) in [7, 11) is 0. The van der Waals surface area contributed by atoms with E-state index in [0.717, 1.165) is 43.0 Å². The molecule has 3 heteroatoms. The maximum Gasteiger partial charge on any atom is 0.0870 e. The summed E-state index contributed by atoms with van der Waals surface area (Å²) in [5.74, 6) is 0.412. The lowest BCUT2D eigenvalue weighted by atomic mass is 9.45. The first-order chi connectivity index (χ1) is 11.6. The first-order valence-corrected chi connectivity index (χ1v) is 10.5. The van der Waals surface area contributed by atoms with E-state index < -0.39 is 5.60 Å². The Morgan fingerprint density at radius 3 is 2.62 bits per heavy atom. The Kier molecular flexibility index (Phi) is 5.73. The predicted molar refractivity (Wildman–Crippen MR) is 102 cm³/mol. The minimum Gasteiger partial charge on any atom is -0.389 e. The van der Waals surface area contributed by atoms with Crippen molar-refractivity contribution in [3.8, 4) is 0 Å². The number of hydrogen-bond donors (Lipinski definition) is 1. The van der Waals surface area contributed by atoms with Gasteiger partial charge in [0.2, 0.25) is 0 Å². The molecule has 2 saturated carbocycles. The van der Waals surface area contributed by atoms with Crippen LogP contribution in [0.15, 0.2) is 28.7 Å². The summed E-state index contributed by atoms with van der Waals surface area (Å²) in [6.07, 6.45) is 9.00. The molecule has 134 valence electrons. The van der Waals surface area contributed by atoms with Gasteiger partial charge in [0.1, 0.15) is 0 Å². The van der Waals surface area contributed by atoms with Crippen molar-refractivity contribution in [2.45, 2.75) is 76.9 Å². The monoisotopic (exact) mass is 394 g/mol. The second-order valence-electron chi connectivity index (χ2n) is 7.69. The van der Waals surface area contributed by atoms with Crippen LogP contribution in [-0.2, 0) is 4.74 Å². The number of hydrogen-bond acceptors (Lipinski definition) is 2. The zero-order chi connectivity index (χ0) is 17.2. The Labute approximate surface area is 155 Å². The lowest BCUT2D eigenvalue weighted by molar-refractivity contribution is -0.236. The molecule has 0 bridgehead atoms. The van der Waals surface area contributed by atoms with Gasteiger partial charge >= 0.3 is 0 Å². The van der Waals surface area contributed by atoms with E-state index in [0.29, 0.717) is 12.5 Å². The summed E-state index contributed by atoms with van der Waals surface area (Å²) >= 11 is 3.73.